The molecule has 3 N–H and O–H groups in total. The number of aromatic carboxylic acids is 1. The molecule has 0 aliphatic rings. The minimum atomic E-state index is -0.952. The van der Waals surface area contributed by atoms with Crippen molar-refractivity contribution in [1.29, 1.82) is 0 Å². The van der Waals surface area contributed by atoms with Gasteiger partial charge in [-0.1, -0.05) is 0 Å². The number of hydrogen-bond acceptors (Lipinski definition) is 5. The lowest BCUT2D eigenvalue weighted by atomic mass is 10.3. The molecule has 0 radical (unpaired) electrons. The van der Waals surface area contributed by atoms with Crippen molar-refractivity contribution in [3.05, 3.63) is 34.9 Å². The second-order valence-corrected chi connectivity index (χ2v) is 4.47. The van der Waals surface area contributed by atoms with Crippen LogP contribution in [0.1, 0.15) is 9.67 Å². The van der Waals surface area contributed by atoms with Crippen molar-refractivity contribution < 1.29 is 9.90 Å². The van der Waals surface area contributed by atoms with Crippen LogP contribution >= 0.6 is 11.3 Å². The molecule has 7 heteroatoms. The summed E-state index contributed by atoms with van der Waals surface area (Å²) in [5.74, 6) is -0.367. The number of aromatic nitrogens is 3. The molecule has 3 rings (SSSR count). The van der Waals surface area contributed by atoms with Gasteiger partial charge in [0.15, 0.2) is 0 Å². The van der Waals surface area contributed by atoms with Gasteiger partial charge in [-0.3, -0.25) is 0 Å². The van der Waals surface area contributed by atoms with Gasteiger partial charge < -0.3 is 15.4 Å². The minimum Gasteiger partial charge on any atom is -0.477 e. The molecule has 0 spiro atoms. The van der Waals surface area contributed by atoms with Crippen LogP contribution in [0, 0.1) is 0 Å². The third-order valence-corrected chi connectivity index (χ3v) is 3.37. The Morgan fingerprint density at radius 1 is 1.39 bits per heavy atom. The topological polar surface area (TPSA) is 90.9 Å². The van der Waals surface area contributed by atoms with Crippen LogP contribution < -0.4 is 5.32 Å². The van der Waals surface area contributed by atoms with E-state index in [1.807, 2.05) is 6.07 Å². The predicted molar refractivity (Wildman–Crippen MR) is 68.4 cm³/mol. The van der Waals surface area contributed by atoms with Gasteiger partial charge in [0.1, 0.15) is 22.7 Å². The van der Waals surface area contributed by atoms with Crippen LogP contribution in [0.25, 0.3) is 11.0 Å². The van der Waals surface area contributed by atoms with E-state index in [0.29, 0.717) is 17.2 Å². The Morgan fingerprint density at radius 3 is 3.11 bits per heavy atom. The fraction of sp³-hybridized carbons (Fsp3) is 0. The summed E-state index contributed by atoms with van der Waals surface area (Å²) in [5.41, 5.74) is 1.24. The lowest BCUT2D eigenvalue weighted by Gasteiger charge is -2.05. The van der Waals surface area contributed by atoms with E-state index < -0.39 is 5.97 Å². The highest BCUT2D eigenvalue weighted by molar-refractivity contribution is 7.12. The average Bonchev–Trinajstić information content (AvgIpc) is 2.96. The molecule has 0 saturated heterocycles. The summed E-state index contributed by atoms with van der Waals surface area (Å²) < 4.78 is 0. The summed E-state index contributed by atoms with van der Waals surface area (Å²) >= 11 is 1.17. The zero-order valence-corrected chi connectivity index (χ0v) is 9.86. The number of anilines is 2. The Balaban J connectivity index is 2.04. The Morgan fingerprint density at radius 2 is 2.28 bits per heavy atom. The summed E-state index contributed by atoms with van der Waals surface area (Å²) in [4.78, 5) is 22.4. The fourth-order valence-corrected chi connectivity index (χ4v) is 2.36. The Hall–Kier alpha value is -2.41. The zero-order chi connectivity index (χ0) is 12.5. The molecule has 0 saturated carbocycles. The molecule has 0 aliphatic heterocycles. The average molecular weight is 260 g/mol. The number of rotatable bonds is 3. The SMILES string of the molecule is O=C(O)c1sccc1Nc1ncnc2[nH]ccc12. The van der Waals surface area contributed by atoms with Gasteiger partial charge in [-0.2, -0.15) is 0 Å². The maximum Gasteiger partial charge on any atom is 0.348 e. The third-order valence-electron chi connectivity index (χ3n) is 2.47. The molecule has 0 atom stereocenters. The molecule has 0 fully saturated rings. The Labute approximate surface area is 105 Å². The smallest absolute Gasteiger partial charge is 0.348 e. The number of thiophene rings is 1. The summed E-state index contributed by atoms with van der Waals surface area (Å²) in [5, 5.41) is 14.6. The number of nitrogens with zero attached hydrogens (tertiary/aromatic N) is 2. The van der Waals surface area contributed by atoms with E-state index in [1.165, 1.54) is 17.7 Å². The first-order valence-electron chi connectivity index (χ1n) is 5.11. The Kier molecular flexibility index (Phi) is 2.45. The molecular formula is C11H8N4O2S. The van der Waals surface area contributed by atoms with Crippen LogP contribution in [0.15, 0.2) is 30.0 Å². The van der Waals surface area contributed by atoms with Crippen LogP contribution in [0.5, 0.6) is 0 Å². The standard InChI is InChI=1S/C11H8N4O2S/c16-11(17)8-7(2-4-18-8)15-10-6-1-3-12-9(6)13-5-14-10/h1-5H,(H,16,17)(H2,12,13,14,15). The molecule has 3 heterocycles. The number of nitrogens with one attached hydrogen (secondary N) is 2. The highest BCUT2D eigenvalue weighted by Crippen LogP contribution is 2.27. The van der Waals surface area contributed by atoms with Gasteiger partial charge in [0.2, 0.25) is 0 Å². The number of fused-ring (bicyclic) bond motifs is 1. The summed E-state index contributed by atoms with van der Waals surface area (Å²) in [6, 6.07) is 3.55. The van der Waals surface area contributed by atoms with Crippen molar-refractivity contribution in [2.24, 2.45) is 0 Å². The van der Waals surface area contributed by atoms with Crippen molar-refractivity contribution in [1.82, 2.24) is 15.0 Å². The molecule has 0 amide bonds. The summed E-state index contributed by atoms with van der Waals surface area (Å²) in [7, 11) is 0. The van der Waals surface area contributed by atoms with Gasteiger partial charge in [0.05, 0.1) is 11.1 Å². The molecule has 3 aromatic rings. The van der Waals surface area contributed by atoms with Crippen molar-refractivity contribution in [3.8, 4) is 0 Å². The number of H-pyrrole nitrogens is 1. The van der Waals surface area contributed by atoms with Crippen LogP contribution in [-0.2, 0) is 0 Å². The van der Waals surface area contributed by atoms with Crippen LogP contribution in [0.4, 0.5) is 11.5 Å². The monoisotopic (exact) mass is 260 g/mol. The van der Waals surface area contributed by atoms with Crippen LogP contribution in [0.2, 0.25) is 0 Å². The number of aromatic amines is 1. The summed E-state index contributed by atoms with van der Waals surface area (Å²) in [6.45, 7) is 0. The third kappa shape index (κ3) is 1.70. The normalized spacial score (nSPS) is 10.7. The van der Waals surface area contributed by atoms with Crippen molar-refractivity contribution in [2.45, 2.75) is 0 Å². The quantitative estimate of drug-likeness (QED) is 0.673. The second-order valence-electron chi connectivity index (χ2n) is 3.56. The largest absolute Gasteiger partial charge is 0.477 e. The van der Waals surface area contributed by atoms with Gasteiger partial charge in [-0.25, -0.2) is 14.8 Å². The molecular weight excluding hydrogens is 252 g/mol. The number of carbonyl (C=O) groups is 1. The van der Waals surface area contributed by atoms with Crippen molar-refractivity contribution in [2.75, 3.05) is 5.32 Å². The molecule has 0 aliphatic carbocycles. The first-order chi connectivity index (χ1) is 8.75. The number of carboxylic acid groups (broad SMARTS) is 1. The van der Waals surface area contributed by atoms with Crippen LogP contribution in [-0.4, -0.2) is 26.0 Å². The van der Waals surface area contributed by atoms with Gasteiger partial charge >= 0.3 is 5.97 Å². The first-order valence-corrected chi connectivity index (χ1v) is 5.99. The second kappa shape index (κ2) is 4.11. The molecule has 6 nitrogen and oxygen atoms in total. The molecule has 90 valence electrons. The van der Waals surface area contributed by atoms with E-state index in [9.17, 15) is 4.79 Å². The Bertz CT molecular complexity index is 718. The minimum absolute atomic E-state index is 0.261. The molecule has 18 heavy (non-hydrogen) atoms. The van der Waals surface area contributed by atoms with Gasteiger partial charge in [0.25, 0.3) is 0 Å². The zero-order valence-electron chi connectivity index (χ0n) is 9.04. The fourth-order valence-electron chi connectivity index (χ4n) is 1.67. The lowest BCUT2D eigenvalue weighted by molar-refractivity contribution is 0.0703. The number of hydrogen-bond donors (Lipinski definition) is 3. The first kappa shape index (κ1) is 10.7. The highest BCUT2D eigenvalue weighted by atomic mass is 32.1. The highest BCUT2D eigenvalue weighted by Gasteiger charge is 2.13. The number of carboxylic acids is 1. The van der Waals surface area contributed by atoms with Crippen molar-refractivity contribution >= 4 is 39.8 Å². The maximum absolute atomic E-state index is 11.0. The maximum atomic E-state index is 11.0. The van der Waals surface area contributed by atoms with Gasteiger partial charge in [0, 0.05) is 6.20 Å². The predicted octanol–water partition coefficient (Wildman–Crippen LogP) is 2.46. The van der Waals surface area contributed by atoms with E-state index in [0.717, 1.165) is 5.39 Å². The van der Waals surface area contributed by atoms with E-state index in [2.05, 4.69) is 20.3 Å². The van der Waals surface area contributed by atoms with E-state index >= 15 is 0 Å². The van der Waals surface area contributed by atoms with E-state index in [4.69, 9.17) is 5.11 Å². The van der Waals surface area contributed by atoms with E-state index in [1.54, 1.807) is 17.6 Å². The molecule has 0 bridgehead atoms. The molecule has 0 unspecified atom stereocenters. The molecule has 3 aromatic heterocycles. The summed E-state index contributed by atoms with van der Waals surface area (Å²) in [6.07, 6.45) is 3.18. The lowest BCUT2D eigenvalue weighted by Crippen LogP contribution is -2.00. The van der Waals surface area contributed by atoms with Crippen molar-refractivity contribution in [3.63, 3.8) is 0 Å². The van der Waals surface area contributed by atoms with Crippen LogP contribution in [0.3, 0.4) is 0 Å². The molecule has 0 aromatic carbocycles. The van der Waals surface area contributed by atoms with Gasteiger partial charge in [-0.05, 0) is 17.5 Å². The van der Waals surface area contributed by atoms with E-state index in [-0.39, 0.29) is 4.88 Å². The van der Waals surface area contributed by atoms with Gasteiger partial charge in [-0.15, -0.1) is 11.3 Å².